The van der Waals surface area contributed by atoms with Crippen molar-refractivity contribution in [1.29, 1.82) is 0 Å². The molecule has 0 amide bonds. The van der Waals surface area contributed by atoms with E-state index < -0.39 is 10.0 Å². The molecule has 23 heavy (non-hydrogen) atoms. The summed E-state index contributed by atoms with van der Waals surface area (Å²) in [6.07, 6.45) is 1.81. The minimum Gasteiger partial charge on any atom is -0.495 e. The van der Waals surface area contributed by atoms with Crippen LogP contribution in [0.15, 0.2) is 23.1 Å². The van der Waals surface area contributed by atoms with Gasteiger partial charge in [-0.05, 0) is 56.5 Å². The van der Waals surface area contributed by atoms with Gasteiger partial charge in [0.1, 0.15) is 10.6 Å². The van der Waals surface area contributed by atoms with Gasteiger partial charge in [-0.25, -0.2) is 8.42 Å². The van der Waals surface area contributed by atoms with E-state index >= 15 is 0 Å². The third kappa shape index (κ3) is 4.83. The molecule has 1 aromatic carbocycles. The van der Waals surface area contributed by atoms with Crippen LogP contribution in [0.1, 0.15) is 25.3 Å². The monoisotopic (exact) mass is 362 g/mol. The maximum atomic E-state index is 12.9. The smallest absolute Gasteiger partial charge is 0.246 e. The van der Waals surface area contributed by atoms with Gasteiger partial charge in [0.25, 0.3) is 0 Å². The first-order valence-corrected chi connectivity index (χ1v) is 9.28. The first kappa shape index (κ1) is 20.2. The van der Waals surface area contributed by atoms with Crippen LogP contribution in [-0.2, 0) is 10.0 Å². The van der Waals surface area contributed by atoms with E-state index in [-0.39, 0.29) is 17.3 Å². The molecule has 5 nitrogen and oxygen atoms in total. The third-order valence-corrected chi connectivity index (χ3v) is 6.11. The minimum absolute atomic E-state index is 0. The highest BCUT2D eigenvalue weighted by atomic mass is 35.5. The molecule has 1 N–H and O–H groups in total. The van der Waals surface area contributed by atoms with Crippen LogP contribution < -0.4 is 10.1 Å². The van der Waals surface area contributed by atoms with E-state index in [0.717, 1.165) is 31.5 Å². The van der Waals surface area contributed by atoms with E-state index in [1.54, 1.807) is 16.4 Å². The zero-order valence-electron chi connectivity index (χ0n) is 14.0. The summed E-state index contributed by atoms with van der Waals surface area (Å²) >= 11 is 0. The minimum atomic E-state index is -3.48. The summed E-state index contributed by atoms with van der Waals surface area (Å²) in [4.78, 5) is 0.278. The van der Waals surface area contributed by atoms with Crippen LogP contribution in [0.2, 0.25) is 0 Å². The second kappa shape index (κ2) is 8.87. The van der Waals surface area contributed by atoms with Crippen molar-refractivity contribution in [1.82, 2.24) is 9.62 Å². The van der Waals surface area contributed by atoms with Crippen LogP contribution in [0.3, 0.4) is 0 Å². The molecule has 1 saturated heterocycles. The standard InChI is InChI=1S/C16H26N2O3S.ClH/c1-4-17-12-14-7-9-18(10-8-14)22(19,20)16-11-13(2)5-6-15(16)21-3;/h5-6,11,14,17H,4,7-10,12H2,1-3H3;1H. The van der Waals surface area contributed by atoms with E-state index in [2.05, 4.69) is 12.2 Å². The zero-order chi connectivity index (χ0) is 16.2. The molecule has 1 aliphatic rings. The van der Waals surface area contributed by atoms with Crippen LogP contribution in [0.5, 0.6) is 5.75 Å². The van der Waals surface area contributed by atoms with Crippen molar-refractivity contribution in [3.8, 4) is 5.75 Å². The SMILES string of the molecule is CCNCC1CCN(S(=O)(=O)c2cc(C)ccc2OC)CC1.Cl. The number of nitrogens with one attached hydrogen (secondary N) is 1. The second-order valence-corrected chi connectivity index (χ2v) is 7.72. The topological polar surface area (TPSA) is 58.6 Å². The first-order chi connectivity index (χ1) is 10.5. The number of aryl methyl sites for hydroxylation is 1. The lowest BCUT2D eigenvalue weighted by Crippen LogP contribution is -2.40. The molecular formula is C16H27ClN2O3S. The molecule has 0 bridgehead atoms. The lowest BCUT2D eigenvalue weighted by molar-refractivity contribution is 0.267. The van der Waals surface area contributed by atoms with E-state index in [4.69, 9.17) is 4.74 Å². The van der Waals surface area contributed by atoms with Crippen molar-refractivity contribution < 1.29 is 13.2 Å². The lowest BCUT2D eigenvalue weighted by Gasteiger charge is -2.31. The predicted molar refractivity (Wildman–Crippen MR) is 95.0 cm³/mol. The normalized spacial score (nSPS) is 16.8. The fraction of sp³-hybridized carbons (Fsp3) is 0.625. The van der Waals surface area contributed by atoms with Crippen LogP contribution >= 0.6 is 12.4 Å². The van der Waals surface area contributed by atoms with Crippen LogP contribution in [0, 0.1) is 12.8 Å². The number of nitrogens with zero attached hydrogens (tertiary/aromatic N) is 1. The lowest BCUT2D eigenvalue weighted by atomic mass is 9.98. The molecule has 0 aliphatic carbocycles. The van der Waals surface area contributed by atoms with E-state index in [1.807, 2.05) is 13.0 Å². The van der Waals surface area contributed by atoms with Gasteiger partial charge in [0.2, 0.25) is 10.0 Å². The molecule has 7 heteroatoms. The Morgan fingerprint density at radius 2 is 1.96 bits per heavy atom. The maximum absolute atomic E-state index is 12.9. The Morgan fingerprint density at radius 1 is 1.30 bits per heavy atom. The number of benzene rings is 1. The molecule has 1 aromatic rings. The number of ether oxygens (including phenoxy) is 1. The van der Waals surface area contributed by atoms with Gasteiger partial charge in [-0.3, -0.25) is 0 Å². The average Bonchev–Trinajstić information content (AvgIpc) is 2.53. The van der Waals surface area contributed by atoms with Gasteiger partial charge in [-0.1, -0.05) is 13.0 Å². The molecule has 1 fully saturated rings. The largest absolute Gasteiger partial charge is 0.495 e. The van der Waals surface area contributed by atoms with Crippen LogP contribution in [0.25, 0.3) is 0 Å². The predicted octanol–water partition coefficient (Wildman–Crippen LogP) is 2.44. The summed E-state index contributed by atoms with van der Waals surface area (Å²) in [7, 11) is -1.98. The summed E-state index contributed by atoms with van der Waals surface area (Å²) in [5.41, 5.74) is 0.918. The molecule has 0 atom stereocenters. The Hall–Kier alpha value is -0.820. The maximum Gasteiger partial charge on any atom is 0.246 e. The van der Waals surface area contributed by atoms with Crippen molar-refractivity contribution in [3.05, 3.63) is 23.8 Å². The van der Waals surface area contributed by atoms with Crippen molar-refractivity contribution in [3.63, 3.8) is 0 Å². The Bertz CT molecular complexity index is 599. The number of piperidine rings is 1. The first-order valence-electron chi connectivity index (χ1n) is 7.84. The van der Waals surface area contributed by atoms with Gasteiger partial charge in [0.05, 0.1) is 7.11 Å². The summed E-state index contributed by atoms with van der Waals surface area (Å²) in [5.74, 6) is 0.978. The van der Waals surface area contributed by atoms with Crippen molar-refractivity contribution in [2.24, 2.45) is 5.92 Å². The molecular weight excluding hydrogens is 336 g/mol. The van der Waals surface area contributed by atoms with Gasteiger partial charge in [-0.2, -0.15) is 4.31 Å². The summed E-state index contributed by atoms with van der Waals surface area (Å²) in [6.45, 7) is 7.06. The van der Waals surface area contributed by atoms with Gasteiger partial charge in [-0.15, -0.1) is 12.4 Å². The van der Waals surface area contributed by atoms with E-state index in [1.165, 1.54) is 7.11 Å². The zero-order valence-corrected chi connectivity index (χ0v) is 15.7. The van der Waals surface area contributed by atoms with E-state index in [9.17, 15) is 8.42 Å². The Kier molecular flexibility index (Phi) is 7.80. The molecule has 0 aromatic heterocycles. The number of halogens is 1. The Morgan fingerprint density at radius 3 is 2.52 bits per heavy atom. The second-order valence-electron chi connectivity index (χ2n) is 5.81. The molecule has 0 saturated carbocycles. The fourth-order valence-electron chi connectivity index (χ4n) is 2.83. The highest BCUT2D eigenvalue weighted by Crippen LogP contribution is 2.30. The van der Waals surface area contributed by atoms with Crippen molar-refractivity contribution in [2.45, 2.75) is 31.6 Å². The number of rotatable bonds is 6. The summed E-state index contributed by atoms with van der Waals surface area (Å²) in [5, 5.41) is 3.34. The fourth-order valence-corrected chi connectivity index (χ4v) is 4.54. The molecule has 2 rings (SSSR count). The van der Waals surface area contributed by atoms with Crippen molar-refractivity contribution >= 4 is 22.4 Å². The molecule has 1 heterocycles. The molecule has 132 valence electrons. The average molecular weight is 363 g/mol. The number of hydrogen-bond donors (Lipinski definition) is 1. The summed E-state index contributed by atoms with van der Waals surface area (Å²) < 4.78 is 32.6. The highest BCUT2D eigenvalue weighted by molar-refractivity contribution is 7.89. The van der Waals surface area contributed by atoms with Crippen molar-refractivity contribution in [2.75, 3.05) is 33.3 Å². The Labute approximate surface area is 145 Å². The van der Waals surface area contributed by atoms with Gasteiger partial charge in [0, 0.05) is 13.1 Å². The number of methoxy groups -OCH3 is 1. The molecule has 1 aliphatic heterocycles. The molecule has 0 radical (unpaired) electrons. The Balaban J connectivity index is 0.00000264. The highest BCUT2D eigenvalue weighted by Gasteiger charge is 2.31. The third-order valence-electron chi connectivity index (χ3n) is 4.19. The summed E-state index contributed by atoms with van der Waals surface area (Å²) in [6, 6.07) is 5.28. The number of hydrogen-bond acceptors (Lipinski definition) is 4. The van der Waals surface area contributed by atoms with Gasteiger partial charge < -0.3 is 10.1 Å². The number of sulfonamides is 1. The van der Waals surface area contributed by atoms with Crippen LogP contribution in [-0.4, -0.2) is 46.0 Å². The quantitative estimate of drug-likeness (QED) is 0.844. The van der Waals surface area contributed by atoms with E-state index in [0.29, 0.717) is 24.8 Å². The molecule has 0 unspecified atom stereocenters. The van der Waals surface area contributed by atoms with Gasteiger partial charge in [0.15, 0.2) is 0 Å². The molecule has 0 spiro atoms. The van der Waals surface area contributed by atoms with Crippen LogP contribution in [0.4, 0.5) is 0 Å². The van der Waals surface area contributed by atoms with Gasteiger partial charge >= 0.3 is 0 Å².